The van der Waals surface area contributed by atoms with Crippen LogP contribution in [0.25, 0.3) is 22.2 Å². The molecule has 0 fully saturated rings. The molecule has 1 aromatic heterocycles. The first-order chi connectivity index (χ1) is 16.1. The molecule has 1 atom stereocenters. The van der Waals surface area contributed by atoms with Gasteiger partial charge in [-0.05, 0) is 29.3 Å². The molecule has 166 valence electrons. The summed E-state index contributed by atoms with van der Waals surface area (Å²) in [6, 6.07) is 16.0. The molecule has 3 aromatic rings. The number of pyridine rings is 1. The maximum Gasteiger partial charge on any atom is 0.341 e. The molecule has 0 aliphatic carbocycles. The van der Waals surface area contributed by atoms with Crippen molar-refractivity contribution in [3.8, 4) is 17.0 Å². The standard InChI is InChI=1S/C25H22N4O4/c1-32-16-9-7-15(8-10-16)19(18-11-26-22-6-4-3-5-17(18)22)12-29-13-20-23(27-28-24(20)30)21(14-29)25(31)33-2/h3-11,13-14,19,26H,12H2,1-2H3,(H,28,30)/t19-/m0/s1. The van der Waals surface area contributed by atoms with Crippen molar-refractivity contribution >= 4 is 16.9 Å². The fourth-order valence-electron chi connectivity index (χ4n) is 4.27. The van der Waals surface area contributed by atoms with Gasteiger partial charge in [0.15, 0.2) is 0 Å². The van der Waals surface area contributed by atoms with Crippen LogP contribution < -0.4 is 10.3 Å². The van der Waals surface area contributed by atoms with Gasteiger partial charge in [0.2, 0.25) is 0 Å². The lowest BCUT2D eigenvalue weighted by atomic mass is 9.90. The third-order valence-electron chi connectivity index (χ3n) is 5.93. The van der Waals surface area contributed by atoms with E-state index in [1.807, 2.05) is 53.2 Å². The smallest absolute Gasteiger partial charge is 0.341 e. The van der Waals surface area contributed by atoms with Crippen molar-refractivity contribution in [1.29, 1.82) is 0 Å². The molecule has 2 aliphatic rings. The Morgan fingerprint density at radius 1 is 1.09 bits per heavy atom. The van der Waals surface area contributed by atoms with E-state index in [0.29, 0.717) is 17.8 Å². The molecule has 0 spiro atoms. The number of aromatic amines is 2. The number of carbonyl (C=O) groups is 1. The van der Waals surface area contributed by atoms with Crippen molar-refractivity contribution in [3.05, 3.63) is 94.2 Å². The number of hydrogen-bond acceptors (Lipinski definition) is 5. The van der Waals surface area contributed by atoms with Crippen molar-refractivity contribution in [2.75, 3.05) is 14.2 Å². The molecule has 2 aliphatic heterocycles. The number of H-pyrrole nitrogens is 2. The van der Waals surface area contributed by atoms with E-state index in [2.05, 4.69) is 21.2 Å². The van der Waals surface area contributed by atoms with Crippen molar-refractivity contribution < 1.29 is 14.3 Å². The van der Waals surface area contributed by atoms with Crippen LogP contribution in [0.5, 0.6) is 5.75 Å². The summed E-state index contributed by atoms with van der Waals surface area (Å²) in [5, 5.41) is 7.54. The molecule has 33 heavy (non-hydrogen) atoms. The molecule has 0 amide bonds. The Hall–Kier alpha value is -4.33. The van der Waals surface area contributed by atoms with Gasteiger partial charge in [0, 0.05) is 42.0 Å². The maximum atomic E-state index is 12.4. The fourth-order valence-corrected chi connectivity index (χ4v) is 4.27. The average Bonchev–Trinajstić information content (AvgIpc) is 3.45. The van der Waals surface area contributed by atoms with E-state index in [9.17, 15) is 9.59 Å². The average molecular weight is 442 g/mol. The zero-order valence-corrected chi connectivity index (χ0v) is 18.2. The van der Waals surface area contributed by atoms with Crippen LogP contribution in [-0.2, 0) is 11.3 Å². The van der Waals surface area contributed by atoms with Gasteiger partial charge in [-0.15, -0.1) is 0 Å². The molecule has 2 N–H and O–H groups in total. The zero-order valence-electron chi connectivity index (χ0n) is 18.2. The van der Waals surface area contributed by atoms with E-state index < -0.39 is 5.97 Å². The maximum absolute atomic E-state index is 12.4. The highest BCUT2D eigenvalue weighted by molar-refractivity contribution is 5.96. The quantitative estimate of drug-likeness (QED) is 0.390. The number of carbonyl (C=O) groups excluding carboxylic acids is 1. The van der Waals surface area contributed by atoms with Crippen molar-refractivity contribution in [2.24, 2.45) is 0 Å². The van der Waals surface area contributed by atoms with Crippen LogP contribution in [-0.4, -0.2) is 39.9 Å². The highest BCUT2D eigenvalue weighted by Gasteiger charge is 2.24. The van der Waals surface area contributed by atoms with Crippen LogP contribution in [0.15, 0.2) is 71.9 Å². The Kier molecular flexibility index (Phi) is 5.18. The van der Waals surface area contributed by atoms with Crippen LogP contribution in [0.4, 0.5) is 0 Å². The van der Waals surface area contributed by atoms with E-state index >= 15 is 0 Å². The Bertz CT molecular complexity index is 1460. The van der Waals surface area contributed by atoms with Crippen molar-refractivity contribution in [3.63, 3.8) is 0 Å². The minimum atomic E-state index is -0.547. The second-order valence-corrected chi connectivity index (χ2v) is 7.79. The number of nitrogens with one attached hydrogen (secondary N) is 2. The third-order valence-corrected chi connectivity index (χ3v) is 5.93. The molecule has 8 nitrogen and oxygen atoms in total. The number of aromatic nitrogens is 4. The second kappa shape index (κ2) is 8.31. The first-order valence-electron chi connectivity index (χ1n) is 10.5. The van der Waals surface area contributed by atoms with Gasteiger partial charge in [0.05, 0.1) is 19.8 Å². The van der Waals surface area contributed by atoms with E-state index in [1.54, 1.807) is 19.5 Å². The van der Waals surface area contributed by atoms with Crippen LogP contribution in [0.1, 0.15) is 27.4 Å². The van der Waals surface area contributed by atoms with Gasteiger partial charge < -0.3 is 19.0 Å². The van der Waals surface area contributed by atoms with Gasteiger partial charge in [-0.2, -0.15) is 5.10 Å². The Labute approximate surface area is 189 Å². The van der Waals surface area contributed by atoms with E-state index in [4.69, 9.17) is 9.47 Å². The van der Waals surface area contributed by atoms with Gasteiger partial charge in [-0.1, -0.05) is 30.3 Å². The normalized spacial score (nSPS) is 12.2. The lowest BCUT2D eigenvalue weighted by molar-refractivity contribution is 0.0600. The van der Waals surface area contributed by atoms with E-state index in [1.165, 1.54) is 7.11 Å². The summed E-state index contributed by atoms with van der Waals surface area (Å²) >= 11 is 0. The molecule has 0 saturated heterocycles. The predicted molar refractivity (Wildman–Crippen MR) is 124 cm³/mol. The molecule has 3 heterocycles. The number of nitrogens with zero attached hydrogens (tertiary/aromatic N) is 2. The van der Waals surface area contributed by atoms with Crippen LogP contribution in [0.3, 0.4) is 0 Å². The topological polar surface area (TPSA) is 102 Å². The molecular formula is C25H22N4O4. The number of esters is 1. The Balaban J connectivity index is 1.65. The first kappa shape index (κ1) is 20.6. The fraction of sp³-hybridized carbons (Fsp3) is 0.160. The minimum absolute atomic E-state index is 0.0676. The number of hydrogen-bond donors (Lipinski definition) is 2. The summed E-state index contributed by atoms with van der Waals surface area (Å²) in [5.41, 5.74) is 3.75. The SMILES string of the molecule is COC(=O)c1cn(C[C@@H](c2ccc(OC)cc2)c2c[nH]c3ccccc23)cc2c(=O)[nH]nc1-2. The molecule has 0 radical (unpaired) electrons. The lowest BCUT2D eigenvalue weighted by Gasteiger charge is -2.21. The molecule has 0 saturated carbocycles. The second-order valence-electron chi connectivity index (χ2n) is 7.79. The number of fused-ring (bicyclic) bond motifs is 2. The van der Waals surface area contributed by atoms with Crippen LogP contribution in [0.2, 0.25) is 0 Å². The minimum Gasteiger partial charge on any atom is -0.497 e. The van der Waals surface area contributed by atoms with Crippen molar-refractivity contribution in [1.82, 2.24) is 19.7 Å². The third kappa shape index (κ3) is 3.65. The molecular weight excluding hydrogens is 420 g/mol. The van der Waals surface area contributed by atoms with Crippen molar-refractivity contribution in [2.45, 2.75) is 12.5 Å². The Morgan fingerprint density at radius 2 is 1.88 bits per heavy atom. The molecule has 0 bridgehead atoms. The molecule has 8 heteroatoms. The predicted octanol–water partition coefficient (Wildman–Crippen LogP) is 3.78. The molecule has 0 unspecified atom stereocenters. The van der Waals surface area contributed by atoms with Gasteiger partial charge >= 0.3 is 5.97 Å². The van der Waals surface area contributed by atoms with Gasteiger partial charge in [0.1, 0.15) is 17.0 Å². The summed E-state index contributed by atoms with van der Waals surface area (Å²) in [5.74, 6) is 0.156. The van der Waals surface area contributed by atoms with Gasteiger partial charge in [0.25, 0.3) is 5.56 Å². The number of rotatable bonds is 6. The van der Waals surface area contributed by atoms with E-state index in [0.717, 1.165) is 27.8 Å². The van der Waals surface area contributed by atoms with E-state index in [-0.39, 0.29) is 17.0 Å². The summed E-state index contributed by atoms with van der Waals surface area (Å²) in [6.45, 7) is 0.485. The summed E-state index contributed by atoms with van der Waals surface area (Å²) in [4.78, 5) is 28.1. The van der Waals surface area contributed by atoms with Gasteiger partial charge in [-0.25, -0.2) is 9.89 Å². The van der Waals surface area contributed by atoms with Crippen LogP contribution >= 0.6 is 0 Å². The Morgan fingerprint density at radius 3 is 2.64 bits per heavy atom. The van der Waals surface area contributed by atoms with Gasteiger partial charge in [-0.3, -0.25) is 4.79 Å². The first-order valence-corrected chi connectivity index (χ1v) is 10.5. The molecule has 2 aromatic carbocycles. The monoisotopic (exact) mass is 442 g/mol. The largest absolute Gasteiger partial charge is 0.497 e. The lowest BCUT2D eigenvalue weighted by Crippen LogP contribution is -2.16. The molecule has 5 rings (SSSR count). The number of ether oxygens (including phenoxy) is 2. The number of para-hydroxylation sites is 1. The summed E-state index contributed by atoms with van der Waals surface area (Å²) < 4.78 is 12.1. The number of methoxy groups -OCH3 is 2. The summed E-state index contributed by atoms with van der Waals surface area (Å²) in [6.07, 6.45) is 5.41. The highest BCUT2D eigenvalue weighted by Crippen LogP contribution is 2.34. The number of benzene rings is 2. The van der Waals surface area contributed by atoms with Crippen LogP contribution in [0, 0.1) is 0 Å². The zero-order chi connectivity index (χ0) is 22.9. The highest BCUT2D eigenvalue weighted by atomic mass is 16.5. The summed E-state index contributed by atoms with van der Waals surface area (Å²) in [7, 11) is 2.94.